The van der Waals surface area contributed by atoms with E-state index in [0.717, 1.165) is 6.42 Å². The Morgan fingerprint density at radius 3 is 1.95 bits per heavy atom. The predicted octanol–water partition coefficient (Wildman–Crippen LogP) is 6.06. The van der Waals surface area contributed by atoms with Crippen LogP contribution in [0.4, 0.5) is 0 Å². The third kappa shape index (κ3) is 2.57. The van der Waals surface area contributed by atoms with E-state index in [0.29, 0.717) is 11.2 Å². The third-order valence-corrected chi connectivity index (χ3v) is 5.76. The Morgan fingerprint density at radius 1 is 0.636 bits per heavy atom. The Labute approximate surface area is 136 Å². The summed E-state index contributed by atoms with van der Waals surface area (Å²) in [4.78, 5) is 1.43. The number of hydrogen-bond donors (Lipinski definition) is 0. The van der Waals surface area contributed by atoms with Crippen LogP contribution in [0.2, 0.25) is 0 Å². The van der Waals surface area contributed by atoms with Gasteiger partial charge in [0.05, 0.1) is 0 Å². The summed E-state index contributed by atoms with van der Waals surface area (Å²) in [6, 6.07) is 30.7. The van der Waals surface area contributed by atoms with Gasteiger partial charge in [-0.1, -0.05) is 78.9 Å². The van der Waals surface area contributed by atoms with Crippen LogP contribution in [-0.4, -0.2) is 0 Å². The van der Waals surface area contributed by atoms with E-state index in [2.05, 4.69) is 84.9 Å². The lowest BCUT2D eigenvalue weighted by molar-refractivity contribution is 0.677. The highest BCUT2D eigenvalue weighted by Crippen LogP contribution is 2.51. The molecule has 1 heterocycles. The van der Waals surface area contributed by atoms with Crippen LogP contribution in [0.1, 0.15) is 34.3 Å². The fraction of sp³-hybridized carbons (Fsp3) is 0.143. The molecule has 1 heteroatoms. The fourth-order valence-corrected chi connectivity index (χ4v) is 4.68. The Bertz CT molecular complexity index is 749. The van der Waals surface area contributed by atoms with Crippen LogP contribution in [0.15, 0.2) is 89.8 Å². The molecule has 4 rings (SSSR count). The molecular weight excluding hydrogens is 284 g/mol. The van der Waals surface area contributed by atoms with Crippen molar-refractivity contribution < 1.29 is 0 Å². The smallest absolute Gasteiger partial charge is 0.0353 e. The molecule has 2 atom stereocenters. The summed E-state index contributed by atoms with van der Waals surface area (Å²) >= 11 is 2.01. The first-order valence-corrected chi connectivity index (χ1v) is 8.65. The zero-order valence-corrected chi connectivity index (χ0v) is 13.2. The van der Waals surface area contributed by atoms with Gasteiger partial charge in [0.25, 0.3) is 0 Å². The fourth-order valence-electron chi connectivity index (χ4n) is 3.29. The second kappa shape index (κ2) is 6.02. The molecule has 3 aromatic carbocycles. The standard InChI is InChI=1S/C21H18S/c1-3-9-16(10-4-1)19-15-21(17-11-5-2-6-12-17)22-20-14-8-7-13-18(19)20/h1-14,19,21H,15H2/t19-,21-/m1/s1. The third-order valence-electron chi connectivity index (χ3n) is 4.39. The van der Waals surface area contributed by atoms with E-state index in [1.165, 1.54) is 21.6 Å². The lowest BCUT2D eigenvalue weighted by atomic mass is 9.85. The van der Waals surface area contributed by atoms with E-state index in [4.69, 9.17) is 0 Å². The lowest BCUT2D eigenvalue weighted by Gasteiger charge is -2.31. The Kier molecular flexibility index (Phi) is 3.74. The molecule has 0 aliphatic carbocycles. The number of fused-ring (bicyclic) bond motifs is 1. The topological polar surface area (TPSA) is 0 Å². The first-order valence-electron chi connectivity index (χ1n) is 7.77. The first-order chi connectivity index (χ1) is 10.9. The molecule has 0 bridgehead atoms. The average molecular weight is 302 g/mol. The van der Waals surface area contributed by atoms with Crippen LogP contribution in [0.25, 0.3) is 0 Å². The number of benzene rings is 3. The van der Waals surface area contributed by atoms with Crippen LogP contribution in [0, 0.1) is 0 Å². The second-order valence-electron chi connectivity index (χ2n) is 5.75. The van der Waals surface area contributed by atoms with Gasteiger partial charge in [-0.05, 0) is 29.2 Å². The van der Waals surface area contributed by atoms with E-state index >= 15 is 0 Å². The van der Waals surface area contributed by atoms with Gasteiger partial charge in [-0.15, -0.1) is 11.8 Å². The van der Waals surface area contributed by atoms with Gasteiger partial charge in [0.1, 0.15) is 0 Å². The van der Waals surface area contributed by atoms with Crippen LogP contribution >= 0.6 is 11.8 Å². The maximum atomic E-state index is 2.29. The van der Waals surface area contributed by atoms with Gasteiger partial charge in [-0.2, -0.15) is 0 Å². The number of rotatable bonds is 2. The summed E-state index contributed by atoms with van der Waals surface area (Å²) in [5, 5.41) is 0.529. The quantitative estimate of drug-likeness (QED) is 0.555. The van der Waals surface area contributed by atoms with Crippen molar-refractivity contribution in [1.29, 1.82) is 0 Å². The predicted molar refractivity (Wildman–Crippen MR) is 94.4 cm³/mol. The summed E-state index contributed by atoms with van der Waals surface area (Å²) in [5.41, 5.74) is 4.34. The summed E-state index contributed by atoms with van der Waals surface area (Å²) in [5.74, 6) is 0.490. The minimum absolute atomic E-state index is 0.490. The summed E-state index contributed by atoms with van der Waals surface area (Å²) in [7, 11) is 0. The molecule has 22 heavy (non-hydrogen) atoms. The molecular formula is C21H18S. The van der Waals surface area contributed by atoms with Crippen molar-refractivity contribution >= 4 is 11.8 Å². The molecule has 108 valence electrons. The second-order valence-corrected chi connectivity index (χ2v) is 7.00. The van der Waals surface area contributed by atoms with E-state index in [9.17, 15) is 0 Å². The Morgan fingerprint density at radius 2 is 1.23 bits per heavy atom. The van der Waals surface area contributed by atoms with Crippen molar-refractivity contribution in [2.45, 2.75) is 22.5 Å². The highest BCUT2D eigenvalue weighted by atomic mass is 32.2. The van der Waals surface area contributed by atoms with E-state index in [1.807, 2.05) is 11.8 Å². The highest BCUT2D eigenvalue weighted by molar-refractivity contribution is 7.99. The average Bonchev–Trinajstić information content (AvgIpc) is 2.62. The molecule has 0 saturated carbocycles. The molecule has 1 aliphatic heterocycles. The van der Waals surface area contributed by atoms with Crippen molar-refractivity contribution in [1.82, 2.24) is 0 Å². The maximum Gasteiger partial charge on any atom is 0.0353 e. The minimum Gasteiger partial charge on any atom is -0.118 e. The van der Waals surface area contributed by atoms with Gasteiger partial charge in [-0.25, -0.2) is 0 Å². The van der Waals surface area contributed by atoms with Gasteiger partial charge in [0.15, 0.2) is 0 Å². The van der Waals surface area contributed by atoms with Crippen LogP contribution < -0.4 is 0 Å². The van der Waals surface area contributed by atoms with Crippen LogP contribution in [-0.2, 0) is 0 Å². The van der Waals surface area contributed by atoms with Crippen molar-refractivity contribution in [3.63, 3.8) is 0 Å². The Balaban J connectivity index is 1.77. The molecule has 0 spiro atoms. The Hall–Kier alpha value is -1.99. The molecule has 0 radical (unpaired) electrons. The van der Waals surface area contributed by atoms with Crippen molar-refractivity contribution in [2.24, 2.45) is 0 Å². The highest BCUT2D eigenvalue weighted by Gasteiger charge is 2.29. The molecule has 0 amide bonds. The minimum atomic E-state index is 0.490. The van der Waals surface area contributed by atoms with Crippen molar-refractivity contribution in [2.75, 3.05) is 0 Å². The molecule has 3 aromatic rings. The number of hydrogen-bond acceptors (Lipinski definition) is 1. The van der Waals surface area contributed by atoms with Gasteiger partial charge in [0.2, 0.25) is 0 Å². The lowest BCUT2D eigenvalue weighted by Crippen LogP contribution is -2.12. The molecule has 1 aliphatic rings. The molecule has 0 N–H and O–H groups in total. The summed E-state index contributed by atoms with van der Waals surface area (Å²) in [6.07, 6.45) is 1.16. The van der Waals surface area contributed by atoms with Gasteiger partial charge in [0, 0.05) is 16.1 Å². The van der Waals surface area contributed by atoms with E-state index < -0.39 is 0 Å². The van der Waals surface area contributed by atoms with E-state index in [1.54, 1.807) is 0 Å². The molecule has 0 unspecified atom stereocenters. The van der Waals surface area contributed by atoms with Gasteiger partial charge < -0.3 is 0 Å². The van der Waals surface area contributed by atoms with Crippen LogP contribution in [0.3, 0.4) is 0 Å². The molecule has 0 saturated heterocycles. The largest absolute Gasteiger partial charge is 0.118 e. The first kappa shape index (κ1) is 13.7. The zero-order valence-electron chi connectivity index (χ0n) is 12.4. The zero-order chi connectivity index (χ0) is 14.8. The summed E-state index contributed by atoms with van der Waals surface area (Å²) < 4.78 is 0. The van der Waals surface area contributed by atoms with Crippen molar-refractivity contribution in [3.8, 4) is 0 Å². The van der Waals surface area contributed by atoms with E-state index in [-0.39, 0.29) is 0 Å². The van der Waals surface area contributed by atoms with Crippen LogP contribution in [0.5, 0.6) is 0 Å². The normalized spacial score (nSPS) is 20.4. The monoisotopic (exact) mass is 302 g/mol. The van der Waals surface area contributed by atoms with Gasteiger partial charge >= 0.3 is 0 Å². The summed E-state index contributed by atoms with van der Waals surface area (Å²) in [6.45, 7) is 0. The molecule has 0 fully saturated rings. The molecule has 0 nitrogen and oxygen atoms in total. The number of thioether (sulfide) groups is 1. The molecule has 0 aromatic heterocycles. The van der Waals surface area contributed by atoms with Gasteiger partial charge in [-0.3, -0.25) is 0 Å². The maximum absolute atomic E-state index is 2.29. The van der Waals surface area contributed by atoms with Crippen molar-refractivity contribution in [3.05, 3.63) is 102 Å². The SMILES string of the molecule is c1ccc([C@H]2C[C@H](c3ccccc3)Sc3ccccc32)cc1.